The van der Waals surface area contributed by atoms with E-state index >= 15 is 0 Å². The summed E-state index contributed by atoms with van der Waals surface area (Å²) in [4.78, 5) is 14.8. The highest BCUT2D eigenvalue weighted by Gasteiger charge is 1.96. The van der Waals surface area contributed by atoms with Crippen LogP contribution >= 0.6 is 0 Å². The largest absolute Gasteiger partial charge is 0.326 e. The van der Waals surface area contributed by atoms with E-state index in [0.717, 1.165) is 0 Å². The molecule has 0 fully saturated rings. The molecule has 0 radical (unpaired) electrons. The first-order chi connectivity index (χ1) is 5.20. The highest BCUT2D eigenvalue weighted by molar-refractivity contribution is 4.82. The quantitative estimate of drug-likeness (QED) is 0.628. The molecular formula is C7H11N3O. The Morgan fingerprint density at radius 3 is 3.09 bits per heavy atom. The molecule has 4 heteroatoms. The molecule has 2 N–H and O–H groups in total. The average molecular weight is 153 g/mol. The van der Waals surface area contributed by atoms with E-state index in [4.69, 9.17) is 5.73 Å². The van der Waals surface area contributed by atoms with Crippen molar-refractivity contribution in [1.29, 1.82) is 0 Å². The Labute approximate surface area is 64.7 Å². The summed E-state index contributed by atoms with van der Waals surface area (Å²) >= 11 is 0. The van der Waals surface area contributed by atoms with Crippen molar-refractivity contribution >= 4 is 0 Å². The topological polar surface area (TPSA) is 60.9 Å². The van der Waals surface area contributed by atoms with Crippen LogP contribution in [0, 0.1) is 0 Å². The summed E-state index contributed by atoms with van der Waals surface area (Å²) in [5.41, 5.74) is 5.45. The molecule has 1 atom stereocenters. The summed E-state index contributed by atoms with van der Waals surface area (Å²) in [5, 5.41) is 0. The SMILES string of the molecule is C[C@H](N)Cn1cnccc1=O. The molecule has 11 heavy (non-hydrogen) atoms. The zero-order chi connectivity index (χ0) is 8.27. The lowest BCUT2D eigenvalue weighted by Gasteiger charge is -2.05. The normalized spacial score (nSPS) is 12.9. The van der Waals surface area contributed by atoms with E-state index in [2.05, 4.69) is 4.98 Å². The van der Waals surface area contributed by atoms with Crippen molar-refractivity contribution in [2.45, 2.75) is 19.5 Å². The molecule has 0 unspecified atom stereocenters. The van der Waals surface area contributed by atoms with Crippen LogP contribution in [0.15, 0.2) is 23.4 Å². The van der Waals surface area contributed by atoms with E-state index in [1.807, 2.05) is 6.92 Å². The molecule has 1 rings (SSSR count). The highest BCUT2D eigenvalue weighted by atomic mass is 16.1. The Balaban J connectivity index is 2.87. The first-order valence-electron chi connectivity index (χ1n) is 3.46. The van der Waals surface area contributed by atoms with Crippen LogP contribution in [-0.2, 0) is 6.54 Å². The van der Waals surface area contributed by atoms with Crippen LogP contribution in [0.3, 0.4) is 0 Å². The van der Waals surface area contributed by atoms with Gasteiger partial charge in [0.15, 0.2) is 0 Å². The molecule has 4 nitrogen and oxygen atoms in total. The van der Waals surface area contributed by atoms with Gasteiger partial charge in [0.1, 0.15) is 0 Å². The first-order valence-corrected chi connectivity index (χ1v) is 3.46. The van der Waals surface area contributed by atoms with Gasteiger partial charge in [0, 0.05) is 24.8 Å². The second-order valence-electron chi connectivity index (χ2n) is 2.55. The number of hydrogen-bond donors (Lipinski definition) is 1. The number of nitrogens with two attached hydrogens (primary N) is 1. The predicted octanol–water partition coefficient (Wildman–Crippen LogP) is -0.410. The number of rotatable bonds is 2. The van der Waals surface area contributed by atoms with E-state index in [9.17, 15) is 4.79 Å². The average Bonchev–Trinajstić information content (AvgIpc) is 1.93. The third-order valence-electron chi connectivity index (χ3n) is 1.28. The third-order valence-corrected chi connectivity index (χ3v) is 1.28. The van der Waals surface area contributed by atoms with Gasteiger partial charge in [-0.3, -0.25) is 9.36 Å². The van der Waals surface area contributed by atoms with Crippen molar-refractivity contribution in [3.8, 4) is 0 Å². The molecule has 0 amide bonds. The minimum atomic E-state index is -0.0581. The zero-order valence-electron chi connectivity index (χ0n) is 6.40. The van der Waals surface area contributed by atoms with Gasteiger partial charge in [-0.1, -0.05) is 0 Å². The minimum Gasteiger partial charge on any atom is -0.326 e. The number of nitrogens with zero attached hydrogens (tertiary/aromatic N) is 2. The lowest BCUT2D eigenvalue weighted by atomic mass is 10.3. The van der Waals surface area contributed by atoms with Gasteiger partial charge in [-0.25, -0.2) is 4.98 Å². The molecule has 1 heterocycles. The van der Waals surface area contributed by atoms with Crippen LogP contribution in [0.2, 0.25) is 0 Å². The summed E-state index contributed by atoms with van der Waals surface area (Å²) in [5.74, 6) is 0. The van der Waals surface area contributed by atoms with Crippen LogP contribution in [0.5, 0.6) is 0 Å². The fraction of sp³-hybridized carbons (Fsp3) is 0.429. The Hall–Kier alpha value is -1.16. The first kappa shape index (κ1) is 7.94. The predicted molar refractivity (Wildman–Crippen MR) is 42.1 cm³/mol. The van der Waals surface area contributed by atoms with Gasteiger partial charge >= 0.3 is 0 Å². The maximum atomic E-state index is 11.0. The molecule has 0 saturated heterocycles. The molecule has 0 bridgehead atoms. The molecule has 0 aliphatic carbocycles. The Morgan fingerprint density at radius 1 is 1.82 bits per heavy atom. The fourth-order valence-electron chi connectivity index (χ4n) is 0.826. The van der Waals surface area contributed by atoms with Crippen molar-refractivity contribution < 1.29 is 0 Å². The number of hydrogen-bond acceptors (Lipinski definition) is 3. The van der Waals surface area contributed by atoms with Crippen molar-refractivity contribution in [2.75, 3.05) is 0 Å². The maximum Gasteiger partial charge on any atom is 0.253 e. The lowest BCUT2D eigenvalue weighted by Crippen LogP contribution is -2.29. The standard InChI is InChI=1S/C7H11N3O/c1-6(8)4-10-5-9-3-2-7(10)11/h2-3,5-6H,4,8H2,1H3/t6-/m0/s1. The second-order valence-corrected chi connectivity index (χ2v) is 2.55. The third kappa shape index (κ3) is 2.16. The van der Waals surface area contributed by atoms with Crippen LogP contribution < -0.4 is 11.3 Å². The van der Waals surface area contributed by atoms with Gasteiger partial charge in [-0.05, 0) is 6.92 Å². The van der Waals surface area contributed by atoms with Crippen LogP contribution in [0.25, 0.3) is 0 Å². The molecule has 0 aliphatic heterocycles. The second kappa shape index (κ2) is 3.30. The van der Waals surface area contributed by atoms with Gasteiger partial charge in [0.05, 0.1) is 6.33 Å². The van der Waals surface area contributed by atoms with Gasteiger partial charge in [0.2, 0.25) is 0 Å². The number of aromatic nitrogens is 2. The monoisotopic (exact) mass is 153 g/mol. The summed E-state index contributed by atoms with van der Waals surface area (Å²) in [7, 11) is 0. The zero-order valence-corrected chi connectivity index (χ0v) is 6.40. The molecular weight excluding hydrogens is 142 g/mol. The van der Waals surface area contributed by atoms with E-state index in [-0.39, 0.29) is 11.6 Å². The Kier molecular flexibility index (Phi) is 2.38. The van der Waals surface area contributed by atoms with E-state index in [1.165, 1.54) is 23.2 Å². The van der Waals surface area contributed by atoms with Gasteiger partial charge in [-0.2, -0.15) is 0 Å². The van der Waals surface area contributed by atoms with Crippen LogP contribution in [0.1, 0.15) is 6.92 Å². The van der Waals surface area contributed by atoms with Gasteiger partial charge in [0.25, 0.3) is 5.56 Å². The van der Waals surface area contributed by atoms with Crippen molar-refractivity contribution in [3.63, 3.8) is 0 Å². The van der Waals surface area contributed by atoms with Gasteiger partial charge < -0.3 is 5.73 Å². The summed E-state index contributed by atoms with van der Waals surface area (Å²) in [6.45, 7) is 2.37. The Bertz CT molecular complexity index is 279. The molecule has 1 aromatic heterocycles. The summed E-state index contributed by atoms with van der Waals surface area (Å²) in [6.07, 6.45) is 2.96. The lowest BCUT2D eigenvalue weighted by molar-refractivity contribution is 0.566. The van der Waals surface area contributed by atoms with Crippen LogP contribution in [-0.4, -0.2) is 15.6 Å². The van der Waals surface area contributed by atoms with Crippen LogP contribution in [0.4, 0.5) is 0 Å². The van der Waals surface area contributed by atoms with Crippen molar-refractivity contribution in [2.24, 2.45) is 5.73 Å². The molecule has 0 aliphatic rings. The summed E-state index contributed by atoms with van der Waals surface area (Å²) in [6, 6.07) is 1.40. The molecule has 0 saturated carbocycles. The van der Waals surface area contributed by atoms with Crippen molar-refractivity contribution in [3.05, 3.63) is 28.9 Å². The van der Waals surface area contributed by atoms with E-state index < -0.39 is 0 Å². The van der Waals surface area contributed by atoms with Crippen molar-refractivity contribution in [1.82, 2.24) is 9.55 Å². The fourth-order valence-corrected chi connectivity index (χ4v) is 0.826. The highest BCUT2D eigenvalue weighted by Crippen LogP contribution is 1.81. The maximum absolute atomic E-state index is 11.0. The molecule has 0 aromatic carbocycles. The van der Waals surface area contributed by atoms with Gasteiger partial charge in [-0.15, -0.1) is 0 Å². The minimum absolute atomic E-state index is 0.0168. The summed E-state index contributed by atoms with van der Waals surface area (Å²) < 4.78 is 1.49. The molecule has 1 aromatic rings. The van der Waals surface area contributed by atoms with E-state index in [1.54, 1.807) is 0 Å². The smallest absolute Gasteiger partial charge is 0.253 e. The van der Waals surface area contributed by atoms with E-state index in [0.29, 0.717) is 6.54 Å². The molecule has 0 spiro atoms. The Morgan fingerprint density at radius 2 is 2.55 bits per heavy atom. The molecule has 60 valence electrons.